The highest BCUT2D eigenvalue weighted by molar-refractivity contribution is 6.10. The van der Waals surface area contributed by atoms with Crippen molar-refractivity contribution in [3.8, 4) is 0 Å². The Morgan fingerprint density at radius 3 is 2.46 bits per heavy atom. The Hall–Kier alpha value is -3.76. The van der Waals surface area contributed by atoms with E-state index in [9.17, 15) is 31.9 Å². The maximum absolute atomic E-state index is 13.9. The molecule has 1 N–H and O–H groups in total. The van der Waals surface area contributed by atoms with Gasteiger partial charge in [0.2, 0.25) is 0 Å². The summed E-state index contributed by atoms with van der Waals surface area (Å²) in [7, 11) is 0. The van der Waals surface area contributed by atoms with Crippen molar-refractivity contribution in [3.05, 3.63) is 71.3 Å². The fraction of sp³-hybridized carbons (Fsp3) is 0.333. The van der Waals surface area contributed by atoms with Crippen molar-refractivity contribution in [2.24, 2.45) is 11.8 Å². The van der Waals surface area contributed by atoms with Gasteiger partial charge in [-0.2, -0.15) is 13.2 Å². The number of hydrogen-bond acceptors (Lipinski definition) is 4. The number of rotatable bonds is 6. The highest BCUT2D eigenvalue weighted by Gasteiger charge is 2.41. The van der Waals surface area contributed by atoms with Crippen LogP contribution in [-0.4, -0.2) is 40.8 Å². The van der Waals surface area contributed by atoms with E-state index >= 15 is 0 Å². The van der Waals surface area contributed by atoms with Gasteiger partial charge in [0.15, 0.2) is 0 Å². The molecule has 35 heavy (non-hydrogen) atoms. The Morgan fingerprint density at radius 1 is 1.14 bits per heavy atom. The monoisotopic (exact) mass is 492 g/mol. The second-order valence-electron chi connectivity index (χ2n) is 8.45. The highest BCUT2D eigenvalue weighted by atomic mass is 19.4. The van der Waals surface area contributed by atoms with Crippen molar-refractivity contribution in [1.29, 1.82) is 0 Å². The Labute approximate surface area is 199 Å². The maximum Gasteiger partial charge on any atom is 0.420 e. The summed E-state index contributed by atoms with van der Waals surface area (Å²) in [5, 5.41) is 2.80. The molecule has 11 heteroatoms. The molecule has 0 fully saturated rings. The minimum atomic E-state index is -5.13. The predicted molar refractivity (Wildman–Crippen MR) is 120 cm³/mol. The van der Waals surface area contributed by atoms with Gasteiger partial charge in [-0.3, -0.25) is 19.4 Å². The lowest BCUT2D eigenvalue weighted by molar-refractivity contribution is -0.140. The third-order valence-electron chi connectivity index (χ3n) is 5.73. The number of hydrogen-bond donors (Lipinski definition) is 1. The van der Waals surface area contributed by atoms with Crippen molar-refractivity contribution < 1.29 is 31.9 Å². The molecular formula is C24H24F4N4O3. The number of carbonyl (C=O) groups excluding carboxylic acids is 3. The van der Waals surface area contributed by atoms with Crippen molar-refractivity contribution >= 4 is 23.7 Å². The molecule has 0 spiro atoms. The van der Waals surface area contributed by atoms with Gasteiger partial charge >= 0.3 is 12.2 Å². The Bertz CT molecular complexity index is 1150. The van der Waals surface area contributed by atoms with Crippen LogP contribution in [0, 0.1) is 17.7 Å². The number of aromatic nitrogens is 1. The molecule has 3 rings (SSSR count). The van der Waals surface area contributed by atoms with Crippen LogP contribution >= 0.6 is 0 Å². The van der Waals surface area contributed by atoms with E-state index in [0.29, 0.717) is 23.4 Å². The number of benzene rings is 1. The van der Waals surface area contributed by atoms with Crippen molar-refractivity contribution in [3.63, 3.8) is 0 Å². The van der Waals surface area contributed by atoms with Crippen LogP contribution in [0.4, 0.5) is 28.2 Å². The average Bonchev–Trinajstić information content (AvgIpc) is 2.81. The summed E-state index contributed by atoms with van der Waals surface area (Å²) in [6.07, 6.45) is -1.19. The summed E-state index contributed by atoms with van der Waals surface area (Å²) >= 11 is 0. The maximum atomic E-state index is 13.9. The highest BCUT2D eigenvalue weighted by Crippen LogP contribution is 2.35. The molecule has 4 amide bonds. The number of carbonyl (C=O) groups is 3. The molecule has 1 unspecified atom stereocenters. The average molecular weight is 492 g/mol. The number of imide groups is 1. The summed E-state index contributed by atoms with van der Waals surface area (Å²) in [5.74, 6) is -2.56. The van der Waals surface area contributed by atoms with Crippen LogP contribution in [0.2, 0.25) is 0 Å². The summed E-state index contributed by atoms with van der Waals surface area (Å²) in [6.45, 7) is 6.26. The van der Waals surface area contributed by atoms with Crippen LogP contribution in [0.15, 0.2) is 48.8 Å². The molecule has 1 aliphatic rings. The first kappa shape index (κ1) is 25.9. The molecule has 0 radical (unpaired) electrons. The van der Waals surface area contributed by atoms with E-state index in [1.807, 2.05) is 20.8 Å². The van der Waals surface area contributed by atoms with Gasteiger partial charge in [-0.25, -0.2) is 14.2 Å². The number of nitrogens with zero attached hydrogens (tertiary/aromatic N) is 3. The quantitative estimate of drug-likeness (QED) is 0.584. The summed E-state index contributed by atoms with van der Waals surface area (Å²) in [4.78, 5) is 43.7. The SMILES string of the molecule is CC(C)C(C)CNC(=O)c1ccc(N2C=CCN(C(=O)c3cccc(F)c3C(F)(F)F)C2=O)nc1. The second kappa shape index (κ2) is 10.2. The van der Waals surface area contributed by atoms with Gasteiger partial charge in [0, 0.05) is 18.9 Å². The van der Waals surface area contributed by atoms with Gasteiger partial charge in [-0.15, -0.1) is 0 Å². The normalized spacial score (nSPS) is 14.9. The van der Waals surface area contributed by atoms with Gasteiger partial charge in [0.25, 0.3) is 11.8 Å². The number of amides is 4. The predicted octanol–water partition coefficient (Wildman–Crippen LogP) is 4.86. The summed E-state index contributed by atoms with van der Waals surface area (Å²) in [6, 6.07) is 4.22. The van der Waals surface area contributed by atoms with Gasteiger partial charge in [0.05, 0.1) is 17.7 Å². The zero-order chi connectivity index (χ0) is 25.9. The molecule has 2 heterocycles. The second-order valence-corrected chi connectivity index (χ2v) is 8.45. The number of alkyl halides is 3. The summed E-state index contributed by atoms with van der Waals surface area (Å²) in [5.41, 5.74) is -2.46. The number of pyridine rings is 1. The molecule has 0 saturated carbocycles. The van der Waals surface area contributed by atoms with E-state index < -0.39 is 35.1 Å². The molecule has 1 aliphatic heterocycles. The topological polar surface area (TPSA) is 82.6 Å². The zero-order valence-corrected chi connectivity index (χ0v) is 19.3. The van der Waals surface area contributed by atoms with E-state index in [2.05, 4.69) is 10.3 Å². The van der Waals surface area contributed by atoms with Gasteiger partial charge < -0.3 is 5.32 Å². The van der Waals surface area contributed by atoms with Crippen LogP contribution in [-0.2, 0) is 6.18 Å². The van der Waals surface area contributed by atoms with Crippen molar-refractivity contribution in [1.82, 2.24) is 15.2 Å². The molecule has 1 atom stereocenters. The Kier molecular flexibility index (Phi) is 7.57. The van der Waals surface area contributed by atoms with Crippen LogP contribution in [0.1, 0.15) is 47.1 Å². The number of halogens is 4. The van der Waals surface area contributed by atoms with E-state index in [1.54, 1.807) is 0 Å². The number of urea groups is 1. The minimum Gasteiger partial charge on any atom is -0.352 e. The largest absolute Gasteiger partial charge is 0.420 e. The fourth-order valence-electron chi connectivity index (χ4n) is 3.26. The smallest absolute Gasteiger partial charge is 0.352 e. The zero-order valence-electron chi connectivity index (χ0n) is 19.3. The molecule has 2 aromatic rings. The van der Waals surface area contributed by atoms with Gasteiger partial charge in [-0.1, -0.05) is 26.8 Å². The molecule has 1 aromatic carbocycles. The van der Waals surface area contributed by atoms with Crippen LogP contribution in [0.5, 0.6) is 0 Å². The molecule has 1 aromatic heterocycles. The van der Waals surface area contributed by atoms with Gasteiger partial charge in [-0.05, 0) is 42.2 Å². The lowest BCUT2D eigenvalue weighted by Gasteiger charge is -2.30. The molecule has 0 bridgehead atoms. The minimum absolute atomic E-state index is 0.0473. The standard InChI is InChI=1S/C24H24F4N4O3/c1-14(2)15(3)12-30-21(33)16-8-9-19(29-13-16)31-10-5-11-32(23(31)35)22(34)17-6-4-7-18(25)20(17)24(26,27)28/h4-10,13-15H,11-12H2,1-3H3,(H,30,33). The molecule has 186 valence electrons. The van der Waals surface area contributed by atoms with E-state index in [1.165, 1.54) is 30.6 Å². The fourth-order valence-corrected chi connectivity index (χ4v) is 3.26. The first-order valence-corrected chi connectivity index (χ1v) is 10.8. The lowest BCUT2D eigenvalue weighted by Crippen LogP contribution is -2.47. The van der Waals surface area contributed by atoms with E-state index in [4.69, 9.17) is 0 Å². The van der Waals surface area contributed by atoms with E-state index in [-0.39, 0.29) is 29.8 Å². The lowest BCUT2D eigenvalue weighted by atomic mass is 9.98. The Balaban J connectivity index is 1.79. The molecule has 0 aliphatic carbocycles. The van der Waals surface area contributed by atoms with Crippen molar-refractivity contribution in [2.75, 3.05) is 18.0 Å². The summed E-state index contributed by atoms with van der Waals surface area (Å²) < 4.78 is 54.0. The third-order valence-corrected chi connectivity index (χ3v) is 5.73. The number of anilines is 1. The Morgan fingerprint density at radius 2 is 1.86 bits per heavy atom. The third kappa shape index (κ3) is 5.67. The van der Waals surface area contributed by atoms with E-state index in [0.717, 1.165) is 17.0 Å². The molecular weight excluding hydrogens is 468 g/mol. The van der Waals surface area contributed by atoms with Crippen LogP contribution in [0.3, 0.4) is 0 Å². The van der Waals surface area contributed by atoms with Gasteiger partial charge in [0.1, 0.15) is 17.2 Å². The first-order valence-electron chi connectivity index (χ1n) is 10.8. The molecule has 7 nitrogen and oxygen atoms in total. The van der Waals surface area contributed by atoms with Crippen LogP contribution in [0.25, 0.3) is 0 Å². The van der Waals surface area contributed by atoms with Crippen molar-refractivity contribution in [2.45, 2.75) is 26.9 Å². The number of nitrogens with one attached hydrogen (secondary N) is 1. The molecule has 0 saturated heterocycles. The van der Waals surface area contributed by atoms with Crippen LogP contribution < -0.4 is 10.2 Å². The first-order chi connectivity index (χ1) is 16.4.